The number of imidazole rings is 1. The SMILES string of the molecule is COc1cccc(-n2c(=O)[nH]c3c(C(N)=O)nc(C(C)C)nc32)c1. The normalized spacial score (nSPS) is 11.2. The summed E-state index contributed by atoms with van der Waals surface area (Å²) in [5.41, 5.74) is 6.07. The number of primary amides is 1. The van der Waals surface area contributed by atoms with Crippen LogP contribution in [0.3, 0.4) is 0 Å². The molecule has 0 bridgehead atoms. The molecule has 0 aliphatic rings. The maximum Gasteiger partial charge on any atom is 0.332 e. The van der Waals surface area contributed by atoms with Crippen molar-refractivity contribution >= 4 is 17.1 Å². The fourth-order valence-corrected chi connectivity index (χ4v) is 2.43. The van der Waals surface area contributed by atoms with Crippen molar-refractivity contribution in [2.24, 2.45) is 5.73 Å². The van der Waals surface area contributed by atoms with E-state index in [9.17, 15) is 9.59 Å². The molecular weight excluding hydrogens is 310 g/mol. The molecule has 0 unspecified atom stereocenters. The van der Waals surface area contributed by atoms with E-state index in [0.717, 1.165) is 0 Å². The van der Waals surface area contributed by atoms with Gasteiger partial charge in [-0.2, -0.15) is 0 Å². The number of nitrogens with zero attached hydrogens (tertiary/aromatic N) is 3. The zero-order valence-electron chi connectivity index (χ0n) is 13.5. The summed E-state index contributed by atoms with van der Waals surface area (Å²) in [7, 11) is 1.54. The monoisotopic (exact) mass is 327 g/mol. The number of rotatable bonds is 4. The second kappa shape index (κ2) is 5.80. The van der Waals surface area contributed by atoms with Crippen molar-refractivity contribution in [1.82, 2.24) is 19.5 Å². The Balaban J connectivity index is 2.38. The number of ether oxygens (including phenoxy) is 1. The zero-order chi connectivity index (χ0) is 17.4. The molecule has 8 nitrogen and oxygen atoms in total. The predicted molar refractivity (Wildman–Crippen MR) is 88.6 cm³/mol. The number of aromatic nitrogens is 4. The first-order valence-corrected chi connectivity index (χ1v) is 7.39. The Morgan fingerprint density at radius 2 is 2.08 bits per heavy atom. The Morgan fingerprint density at radius 1 is 1.33 bits per heavy atom. The van der Waals surface area contributed by atoms with E-state index >= 15 is 0 Å². The van der Waals surface area contributed by atoms with Crippen LogP contribution in [0.5, 0.6) is 5.75 Å². The molecule has 2 heterocycles. The van der Waals surface area contributed by atoms with E-state index in [1.165, 1.54) is 4.57 Å². The van der Waals surface area contributed by atoms with Crippen LogP contribution >= 0.6 is 0 Å². The fourth-order valence-electron chi connectivity index (χ4n) is 2.43. The van der Waals surface area contributed by atoms with Crippen LogP contribution in [0, 0.1) is 0 Å². The number of amides is 1. The van der Waals surface area contributed by atoms with Crippen molar-refractivity contribution in [1.29, 1.82) is 0 Å². The van der Waals surface area contributed by atoms with Crippen molar-refractivity contribution in [2.75, 3.05) is 7.11 Å². The highest BCUT2D eigenvalue weighted by Crippen LogP contribution is 2.21. The number of methoxy groups -OCH3 is 1. The second-order valence-electron chi connectivity index (χ2n) is 5.62. The summed E-state index contributed by atoms with van der Waals surface area (Å²) >= 11 is 0. The molecule has 0 saturated heterocycles. The number of H-pyrrole nitrogens is 1. The van der Waals surface area contributed by atoms with Crippen LogP contribution in [0.1, 0.15) is 36.1 Å². The molecule has 2 aromatic heterocycles. The van der Waals surface area contributed by atoms with Crippen molar-refractivity contribution in [3.05, 3.63) is 46.3 Å². The van der Waals surface area contributed by atoms with Crippen molar-refractivity contribution < 1.29 is 9.53 Å². The summed E-state index contributed by atoms with van der Waals surface area (Å²) in [5.74, 6) is 0.286. The summed E-state index contributed by atoms with van der Waals surface area (Å²) in [6, 6.07) is 6.99. The van der Waals surface area contributed by atoms with E-state index in [1.54, 1.807) is 31.4 Å². The number of hydrogen-bond acceptors (Lipinski definition) is 5. The standard InChI is InChI=1S/C16H17N5O3/c1-8(2)14-18-11(13(17)22)12-15(20-14)21(16(23)19-12)9-5-4-6-10(7-9)24-3/h4-8H,1-3H3,(H2,17,22)(H,19,23). The molecule has 1 amide bonds. The second-order valence-corrected chi connectivity index (χ2v) is 5.62. The van der Waals surface area contributed by atoms with Gasteiger partial charge in [-0.25, -0.2) is 19.3 Å². The molecule has 3 aromatic rings. The summed E-state index contributed by atoms with van der Waals surface area (Å²) < 4.78 is 6.57. The maximum absolute atomic E-state index is 12.4. The zero-order valence-corrected chi connectivity index (χ0v) is 13.5. The van der Waals surface area contributed by atoms with Crippen LogP contribution in [0.4, 0.5) is 0 Å². The molecule has 0 fully saturated rings. The number of aromatic amines is 1. The fraction of sp³-hybridized carbons (Fsp3) is 0.250. The van der Waals surface area contributed by atoms with Gasteiger partial charge in [0.25, 0.3) is 5.91 Å². The van der Waals surface area contributed by atoms with Crippen LogP contribution in [0.25, 0.3) is 16.9 Å². The maximum atomic E-state index is 12.4. The number of carbonyl (C=O) groups excluding carboxylic acids is 1. The van der Waals surface area contributed by atoms with Crippen LogP contribution in [0.15, 0.2) is 29.1 Å². The lowest BCUT2D eigenvalue weighted by molar-refractivity contribution is 0.0996. The molecule has 8 heteroatoms. The van der Waals surface area contributed by atoms with E-state index < -0.39 is 11.6 Å². The highest BCUT2D eigenvalue weighted by Gasteiger charge is 2.20. The number of carbonyl (C=O) groups is 1. The summed E-state index contributed by atoms with van der Waals surface area (Å²) in [6.07, 6.45) is 0. The molecule has 0 atom stereocenters. The Kier molecular flexibility index (Phi) is 3.80. The van der Waals surface area contributed by atoms with Gasteiger partial charge < -0.3 is 15.5 Å². The van der Waals surface area contributed by atoms with Crippen molar-refractivity contribution in [3.63, 3.8) is 0 Å². The number of nitrogens with one attached hydrogen (secondary N) is 1. The van der Waals surface area contributed by atoms with Crippen molar-refractivity contribution in [3.8, 4) is 11.4 Å². The quantitative estimate of drug-likeness (QED) is 0.750. The number of nitrogens with two attached hydrogens (primary N) is 1. The average Bonchev–Trinajstić information content (AvgIpc) is 2.89. The van der Waals surface area contributed by atoms with Gasteiger partial charge in [-0.1, -0.05) is 19.9 Å². The molecular formula is C16H17N5O3. The van der Waals surface area contributed by atoms with Gasteiger partial charge in [0.05, 0.1) is 12.8 Å². The minimum atomic E-state index is -0.719. The molecule has 1 aromatic carbocycles. The van der Waals surface area contributed by atoms with Gasteiger partial charge in [-0.05, 0) is 12.1 Å². The Labute approximate surface area is 137 Å². The third kappa shape index (κ3) is 2.51. The Hall–Kier alpha value is -3.16. The van der Waals surface area contributed by atoms with E-state index in [4.69, 9.17) is 10.5 Å². The molecule has 3 N–H and O–H groups in total. The van der Waals surface area contributed by atoms with Gasteiger partial charge in [-0.3, -0.25) is 4.79 Å². The first kappa shape index (κ1) is 15.7. The number of fused-ring (bicyclic) bond motifs is 1. The topological polar surface area (TPSA) is 116 Å². The lowest BCUT2D eigenvalue weighted by Gasteiger charge is -2.08. The Bertz CT molecular complexity index is 987. The summed E-state index contributed by atoms with van der Waals surface area (Å²) in [5, 5.41) is 0. The Morgan fingerprint density at radius 3 is 2.71 bits per heavy atom. The third-order valence-corrected chi connectivity index (χ3v) is 3.62. The molecule has 0 spiro atoms. The van der Waals surface area contributed by atoms with Crippen LogP contribution < -0.4 is 16.2 Å². The molecule has 0 aliphatic heterocycles. The highest BCUT2D eigenvalue weighted by atomic mass is 16.5. The third-order valence-electron chi connectivity index (χ3n) is 3.62. The molecule has 124 valence electrons. The van der Waals surface area contributed by atoms with Gasteiger partial charge >= 0.3 is 5.69 Å². The van der Waals surface area contributed by atoms with Gasteiger partial charge in [0.15, 0.2) is 11.3 Å². The molecule has 0 radical (unpaired) electrons. The minimum absolute atomic E-state index is 0.00226. The van der Waals surface area contributed by atoms with Crippen LogP contribution in [-0.2, 0) is 0 Å². The summed E-state index contributed by atoms with van der Waals surface area (Å²) in [6.45, 7) is 3.79. The largest absolute Gasteiger partial charge is 0.497 e. The molecule has 3 rings (SSSR count). The minimum Gasteiger partial charge on any atom is -0.497 e. The van der Waals surface area contributed by atoms with Crippen LogP contribution in [-0.4, -0.2) is 32.5 Å². The predicted octanol–water partition coefficient (Wildman–Crippen LogP) is 1.34. The van der Waals surface area contributed by atoms with Gasteiger partial charge in [-0.15, -0.1) is 0 Å². The average molecular weight is 327 g/mol. The highest BCUT2D eigenvalue weighted by molar-refractivity contribution is 6.01. The lowest BCUT2D eigenvalue weighted by atomic mass is 10.2. The van der Waals surface area contributed by atoms with Gasteiger partial charge in [0, 0.05) is 12.0 Å². The van der Waals surface area contributed by atoms with E-state index in [-0.39, 0.29) is 17.1 Å². The molecule has 0 aliphatic carbocycles. The van der Waals surface area contributed by atoms with E-state index in [1.807, 2.05) is 13.8 Å². The summed E-state index contributed by atoms with van der Waals surface area (Å²) in [4.78, 5) is 35.4. The smallest absolute Gasteiger partial charge is 0.332 e. The molecule has 24 heavy (non-hydrogen) atoms. The van der Waals surface area contributed by atoms with E-state index in [0.29, 0.717) is 22.9 Å². The van der Waals surface area contributed by atoms with Crippen molar-refractivity contribution in [2.45, 2.75) is 19.8 Å². The van der Waals surface area contributed by atoms with Gasteiger partial charge in [0.1, 0.15) is 17.1 Å². The van der Waals surface area contributed by atoms with Crippen LogP contribution in [0.2, 0.25) is 0 Å². The van der Waals surface area contributed by atoms with Gasteiger partial charge in [0.2, 0.25) is 0 Å². The molecule has 0 saturated carbocycles. The van der Waals surface area contributed by atoms with E-state index in [2.05, 4.69) is 15.0 Å². The number of hydrogen-bond donors (Lipinski definition) is 2. The first-order valence-electron chi connectivity index (χ1n) is 7.39. The first-order chi connectivity index (χ1) is 11.4. The number of benzene rings is 1. The lowest BCUT2D eigenvalue weighted by Crippen LogP contribution is -2.16.